The molecule has 272 valence electrons. The Morgan fingerprint density at radius 1 is 0.553 bits per heavy atom. The average molecular weight is 651 g/mol. The van der Waals surface area contributed by atoms with Crippen LogP contribution in [0.4, 0.5) is 0 Å². The summed E-state index contributed by atoms with van der Waals surface area (Å²) in [6.07, 6.45) is 29.0. The highest BCUT2D eigenvalue weighted by molar-refractivity contribution is 5.29. The molecule has 4 saturated carbocycles. The van der Waals surface area contributed by atoms with Crippen molar-refractivity contribution in [2.24, 2.45) is 69.5 Å². The van der Waals surface area contributed by atoms with Gasteiger partial charge in [0, 0.05) is 0 Å². The topological polar surface area (TPSA) is 20.2 Å². The van der Waals surface area contributed by atoms with Crippen LogP contribution in [0.15, 0.2) is 23.3 Å². The molecule has 4 fully saturated rings. The van der Waals surface area contributed by atoms with E-state index in [2.05, 4.69) is 95.2 Å². The maximum absolute atomic E-state index is 10.4. The van der Waals surface area contributed by atoms with Gasteiger partial charge >= 0.3 is 0 Å². The minimum absolute atomic E-state index is 0.328. The van der Waals surface area contributed by atoms with Crippen molar-refractivity contribution in [1.29, 1.82) is 0 Å². The molecule has 1 N–H and O–H groups in total. The van der Waals surface area contributed by atoms with E-state index in [9.17, 15) is 5.11 Å². The summed E-state index contributed by atoms with van der Waals surface area (Å²) in [6, 6.07) is 0. The molecule has 47 heavy (non-hydrogen) atoms. The Labute approximate surface area is 295 Å². The van der Waals surface area contributed by atoms with Gasteiger partial charge in [0.05, 0.1) is 5.60 Å². The number of rotatable bonds is 9. The fourth-order valence-electron chi connectivity index (χ4n) is 11.1. The molecule has 3 spiro atoms. The second-order valence-corrected chi connectivity index (χ2v) is 21.0. The highest BCUT2D eigenvalue weighted by Gasteiger charge is 2.55. The maximum atomic E-state index is 10.4. The molecule has 6 aliphatic rings. The Bertz CT molecular complexity index is 1020. The highest BCUT2D eigenvalue weighted by Crippen LogP contribution is 2.61. The number of aliphatic hydroxyl groups is 1. The lowest BCUT2D eigenvalue weighted by molar-refractivity contribution is -0.172. The SMILES string of the molecule is CC(C)CC1CC2(C=C(C(C)C)C2)C1.CC(C)CC1CCC2(C=C(C(C)C)C2)CC1.CC(C)CC1CCC2(CC1)CC(O)(C(C)C)C2. The molecular formula is C46H82O. The predicted octanol–water partition coefficient (Wildman–Crippen LogP) is 14.0. The summed E-state index contributed by atoms with van der Waals surface area (Å²) in [7, 11) is 0. The summed E-state index contributed by atoms with van der Waals surface area (Å²) in [5.41, 5.74) is 5.00. The van der Waals surface area contributed by atoms with E-state index in [0.29, 0.717) is 22.2 Å². The summed E-state index contributed by atoms with van der Waals surface area (Å²) in [6.45, 7) is 27.8. The van der Waals surface area contributed by atoms with Gasteiger partial charge in [-0.1, -0.05) is 106 Å². The molecule has 0 radical (unpaired) electrons. The molecule has 0 aromatic rings. The standard InChI is InChI=1S/C16H30O.C16H28.C14H24/c1-12(2)9-14-5-7-15(8-6-14)10-16(17,11-15)13(3)4;1-12(2)9-14-5-7-16(8-6-14)10-15(11-16)13(3)4;1-10(2)5-12-6-14(7-12)8-13(9-14)11(3)4/h12-14,17H,5-11H2,1-4H3;10,12-14H,5-9,11H2,1-4H3;8,10-12H,5-7,9H2,1-4H3. The molecule has 0 heterocycles. The van der Waals surface area contributed by atoms with Gasteiger partial charge in [0.25, 0.3) is 0 Å². The van der Waals surface area contributed by atoms with E-state index >= 15 is 0 Å². The second-order valence-electron chi connectivity index (χ2n) is 21.0. The lowest BCUT2D eigenvalue weighted by Crippen LogP contribution is -2.56. The van der Waals surface area contributed by atoms with Gasteiger partial charge in [-0.25, -0.2) is 0 Å². The van der Waals surface area contributed by atoms with Crippen molar-refractivity contribution < 1.29 is 5.11 Å². The lowest BCUT2D eigenvalue weighted by Gasteiger charge is -2.58. The zero-order chi connectivity index (χ0) is 34.8. The summed E-state index contributed by atoms with van der Waals surface area (Å²) in [5.74, 6) is 7.69. The van der Waals surface area contributed by atoms with Crippen LogP contribution in [0.2, 0.25) is 0 Å². The van der Waals surface area contributed by atoms with Gasteiger partial charge in [-0.3, -0.25) is 0 Å². The van der Waals surface area contributed by atoms with Crippen molar-refractivity contribution in [2.45, 2.75) is 198 Å². The number of hydrogen-bond donors (Lipinski definition) is 1. The van der Waals surface area contributed by atoms with Crippen molar-refractivity contribution in [3.05, 3.63) is 23.3 Å². The molecule has 6 aliphatic carbocycles. The first kappa shape index (κ1) is 39.2. The molecule has 6 rings (SSSR count). The van der Waals surface area contributed by atoms with Crippen LogP contribution in [0.1, 0.15) is 192 Å². The molecule has 0 aromatic heterocycles. The second kappa shape index (κ2) is 15.8. The smallest absolute Gasteiger partial charge is 0.0681 e. The van der Waals surface area contributed by atoms with Crippen LogP contribution in [0.3, 0.4) is 0 Å². The van der Waals surface area contributed by atoms with Gasteiger partial charge in [0.2, 0.25) is 0 Å². The van der Waals surface area contributed by atoms with Gasteiger partial charge < -0.3 is 5.11 Å². The highest BCUT2D eigenvalue weighted by atomic mass is 16.3. The zero-order valence-electron chi connectivity index (χ0n) is 33.8. The van der Waals surface area contributed by atoms with Crippen molar-refractivity contribution in [1.82, 2.24) is 0 Å². The normalized spacial score (nSPS) is 37.6. The molecule has 0 aliphatic heterocycles. The minimum Gasteiger partial charge on any atom is -0.390 e. The maximum Gasteiger partial charge on any atom is 0.0681 e. The van der Waals surface area contributed by atoms with Gasteiger partial charge in [-0.2, -0.15) is 0 Å². The Hall–Kier alpha value is -0.560. The monoisotopic (exact) mass is 651 g/mol. The predicted molar refractivity (Wildman–Crippen MR) is 206 cm³/mol. The largest absolute Gasteiger partial charge is 0.390 e. The van der Waals surface area contributed by atoms with E-state index < -0.39 is 0 Å². The molecule has 0 unspecified atom stereocenters. The van der Waals surface area contributed by atoms with Crippen LogP contribution >= 0.6 is 0 Å². The minimum atomic E-state index is -0.328. The van der Waals surface area contributed by atoms with E-state index in [4.69, 9.17) is 0 Å². The van der Waals surface area contributed by atoms with Crippen LogP contribution in [0.25, 0.3) is 0 Å². The van der Waals surface area contributed by atoms with E-state index in [1.54, 1.807) is 11.1 Å². The molecule has 0 aromatic carbocycles. The van der Waals surface area contributed by atoms with Gasteiger partial charge in [-0.05, 0) is 179 Å². The summed E-state index contributed by atoms with van der Waals surface area (Å²) in [5, 5.41) is 10.4. The van der Waals surface area contributed by atoms with Crippen LogP contribution in [0, 0.1) is 69.5 Å². The van der Waals surface area contributed by atoms with Crippen LogP contribution in [0.5, 0.6) is 0 Å². The van der Waals surface area contributed by atoms with E-state index in [-0.39, 0.29) is 5.60 Å². The molecule has 0 bridgehead atoms. The Kier molecular flexibility index (Phi) is 13.2. The van der Waals surface area contributed by atoms with Crippen LogP contribution in [-0.2, 0) is 0 Å². The Morgan fingerprint density at radius 3 is 1.28 bits per heavy atom. The number of hydrogen-bond acceptors (Lipinski definition) is 1. The fraction of sp³-hybridized carbons (Fsp3) is 0.913. The zero-order valence-corrected chi connectivity index (χ0v) is 33.8. The van der Waals surface area contributed by atoms with Crippen LogP contribution in [-0.4, -0.2) is 10.7 Å². The van der Waals surface area contributed by atoms with Crippen molar-refractivity contribution in [3.63, 3.8) is 0 Å². The summed E-state index contributed by atoms with van der Waals surface area (Å²) >= 11 is 0. The first-order valence-electron chi connectivity index (χ1n) is 21.0. The molecule has 1 heteroatoms. The first-order valence-corrected chi connectivity index (χ1v) is 21.0. The quantitative estimate of drug-likeness (QED) is 0.246. The average Bonchev–Trinajstić information content (AvgIpc) is 2.88. The molecule has 0 amide bonds. The van der Waals surface area contributed by atoms with Crippen molar-refractivity contribution in [2.75, 3.05) is 0 Å². The van der Waals surface area contributed by atoms with Gasteiger partial charge in [0.1, 0.15) is 0 Å². The molecule has 0 atom stereocenters. The van der Waals surface area contributed by atoms with Crippen LogP contribution < -0.4 is 0 Å². The van der Waals surface area contributed by atoms with E-state index in [1.807, 2.05) is 0 Å². The third-order valence-electron chi connectivity index (χ3n) is 14.1. The lowest BCUT2D eigenvalue weighted by atomic mass is 9.50. The van der Waals surface area contributed by atoms with E-state index in [1.165, 1.54) is 96.3 Å². The molecule has 1 nitrogen and oxygen atoms in total. The van der Waals surface area contributed by atoms with Gasteiger partial charge in [0.15, 0.2) is 0 Å². The van der Waals surface area contributed by atoms with E-state index in [0.717, 1.165) is 60.2 Å². The third-order valence-corrected chi connectivity index (χ3v) is 14.1. The molecular weight excluding hydrogens is 569 g/mol. The Balaban J connectivity index is 0.000000160. The van der Waals surface area contributed by atoms with Crippen molar-refractivity contribution >= 4 is 0 Å². The number of allylic oxidation sites excluding steroid dienone is 4. The summed E-state index contributed by atoms with van der Waals surface area (Å²) in [4.78, 5) is 0. The fourth-order valence-corrected chi connectivity index (χ4v) is 11.1. The summed E-state index contributed by atoms with van der Waals surface area (Å²) < 4.78 is 0. The first-order chi connectivity index (χ1) is 21.9. The van der Waals surface area contributed by atoms with Crippen molar-refractivity contribution in [3.8, 4) is 0 Å². The molecule has 0 saturated heterocycles. The Morgan fingerprint density at radius 2 is 0.915 bits per heavy atom. The third kappa shape index (κ3) is 10.3. The van der Waals surface area contributed by atoms with Gasteiger partial charge in [-0.15, -0.1) is 0 Å².